The summed E-state index contributed by atoms with van der Waals surface area (Å²) < 4.78 is 36.6. The minimum absolute atomic E-state index is 0.00430. The van der Waals surface area contributed by atoms with Crippen LogP contribution in [-0.2, 0) is 11.3 Å². The Hall–Kier alpha value is -3.77. The van der Waals surface area contributed by atoms with Gasteiger partial charge in [0.1, 0.15) is 11.5 Å². The highest BCUT2D eigenvalue weighted by Crippen LogP contribution is 2.39. The fourth-order valence-electron chi connectivity index (χ4n) is 5.12. The number of alkyl halides is 2. The molecule has 0 bridgehead atoms. The van der Waals surface area contributed by atoms with Gasteiger partial charge in [-0.25, -0.2) is 5.43 Å². The molecule has 4 N–H and O–H groups in total. The van der Waals surface area contributed by atoms with Crippen LogP contribution in [0.5, 0.6) is 11.5 Å². The van der Waals surface area contributed by atoms with E-state index in [1.807, 2.05) is 17.0 Å². The van der Waals surface area contributed by atoms with Crippen molar-refractivity contribution < 1.29 is 27.8 Å². The van der Waals surface area contributed by atoms with Crippen molar-refractivity contribution in [2.45, 2.75) is 72.1 Å². The number of nitrogens with one attached hydrogen (secondary N) is 4. The number of nitrogens with zero attached hydrogens (tertiary/aromatic N) is 2. The van der Waals surface area contributed by atoms with Gasteiger partial charge in [-0.2, -0.15) is 14.3 Å². The summed E-state index contributed by atoms with van der Waals surface area (Å²) in [6.45, 7) is 7.60. The van der Waals surface area contributed by atoms with E-state index in [4.69, 9.17) is 4.74 Å². The second-order valence-corrected chi connectivity index (χ2v) is 11.8. The average molecular weight is 603 g/mol. The van der Waals surface area contributed by atoms with Gasteiger partial charge in [0.25, 0.3) is 11.8 Å². The van der Waals surface area contributed by atoms with Gasteiger partial charge in [-0.05, 0) is 79.0 Å². The molecule has 0 heterocycles. The number of amides is 2. The number of ether oxygens (including phenoxy) is 2. The minimum atomic E-state index is -3.29. The maximum atomic E-state index is 13.6. The van der Waals surface area contributed by atoms with Crippen molar-refractivity contribution in [2.75, 3.05) is 20.7 Å². The molecule has 0 aromatic heterocycles. The summed E-state index contributed by atoms with van der Waals surface area (Å²) in [7, 11) is 3.22. The number of rotatable bonds is 11. The number of benzene rings is 2. The zero-order valence-corrected chi connectivity index (χ0v) is 25.8. The number of carbonyl (C=O) groups excluding carboxylic acids is 2. The van der Waals surface area contributed by atoms with Crippen molar-refractivity contribution >= 4 is 17.8 Å². The van der Waals surface area contributed by atoms with E-state index in [-0.39, 0.29) is 41.6 Å². The zero-order valence-electron chi connectivity index (χ0n) is 25.8. The first-order chi connectivity index (χ1) is 20.3. The maximum absolute atomic E-state index is 13.6. The predicted molar refractivity (Wildman–Crippen MR) is 162 cm³/mol. The fraction of sp³-hybridized carbons (Fsp3) is 0.516. The molecule has 0 aliphatic heterocycles. The van der Waals surface area contributed by atoms with E-state index in [0.29, 0.717) is 30.7 Å². The summed E-state index contributed by atoms with van der Waals surface area (Å²) in [6.07, 6.45) is 0.537. The van der Waals surface area contributed by atoms with Gasteiger partial charge in [0, 0.05) is 39.2 Å². The molecule has 10 nitrogen and oxygen atoms in total. The summed E-state index contributed by atoms with van der Waals surface area (Å²) in [5, 5.41) is 2.68. The van der Waals surface area contributed by atoms with Crippen molar-refractivity contribution in [3.05, 3.63) is 59.7 Å². The third-order valence-corrected chi connectivity index (χ3v) is 7.50. The molecule has 0 saturated heterocycles. The maximum Gasteiger partial charge on any atom is 0.394 e. The SMILES string of the molecule is CN=C(NNNC)NC(=O)c1ccc(CN(C(=O)COc2ccc(OC(C)(F)F)cc2)C2CCC(C(C)(C)C)CC2)cc1. The number of carbonyl (C=O) groups is 2. The molecule has 2 aromatic rings. The molecule has 2 aromatic carbocycles. The van der Waals surface area contributed by atoms with Crippen LogP contribution in [0.15, 0.2) is 53.5 Å². The second-order valence-electron chi connectivity index (χ2n) is 11.8. The third-order valence-electron chi connectivity index (χ3n) is 7.50. The Balaban J connectivity index is 1.69. The topological polar surface area (TPSA) is 116 Å². The van der Waals surface area contributed by atoms with Gasteiger partial charge in [0.05, 0.1) is 0 Å². The van der Waals surface area contributed by atoms with E-state index in [1.54, 1.807) is 26.2 Å². The molecule has 0 radical (unpaired) electrons. The Kier molecular flexibility index (Phi) is 11.8. The van der Waals surface area contributed by atoms with Gasteiger partial charge in [-0.3, -0.25) is 25.3 Å². The van der Waals surface area contributed by atoms with Crippen molar-refractivity contribution in [1.82, 2.24) is 26.6 Å². The summed E-state index contributed by atoms with van der Waals surface area (Å²) in [5.41, 5.74) is 9.57. The molecule has 1 aliphatic carbocycles. The summed E-state index contributed by atoms with van der Waals surface area (Å²) in [6, 6.07) is 12.9. The Morgan fingerprint density at radius 1 is 0.953 bits per heavy atom. The molecular weight excluding hydrogens is 558 g/mol. The highest BCUT2D eigenvalue weighted by atomic mass is 19.3. The molecule has 1 fully saturated rings. The van der Waals surface area contributed by atoms with Crippen molar-refractivity contribution in [1.29, 1.82) is 0 Å². The lowest BCUT2D eigenvalue weighted by atomic mass is 9.71. The van der Waals surface area contributed by atoms with Crippen LogP contribution in [0.1, 0.15) is 69.3 Å². The van der Waals surface area contributed by atoms with Crippen molar-refractivity contribution in [2.24, 2.45) is 16.3 Å². The van der Waals surface area contributed by atoms with Gasteiger partial charge < -0.3 is 14.4 Å². The summed E-state index contributed by atoms with van der Waals surface area (Å²) in [5.74, 6) is 0.703. The first-order valence-electron chi connectivity index (χ1n) is 14.4. The third kappa shape index (κ3) is 10.8. The molecular formula is C31H44F2N6O4. The number of guanidine groups is 1. The van der Waals surface area contributed by atoms with Crippen LogP contribution >= 0.6 is 0 Å². The van der Waals surface area contributed by atoms with Gasteiger partial charge in [0.15, 0.2) is 6.61 Å². The van der Waals surface area contributed by atoms with E-state index < -0.39 is 6.11 Å². The number of aliphatic imine (C=N–C) groups is 1. The van der Waals surface area contributed by atoms with Gasteiger partial charge in [-0.15, -0.1) is 0 Å². The number of hydrazine groups is 2. The van der Waals surface area contributed by atoms with Crippen LogP contribution < -0.4 is 31.2 Å². The standard InChI is InChI=1S/C31H44F2N6O4/c1-30(2,3)23-11-13-24(14-12-23)39(27(40)20-42-25-15-17-26(18-16-25)43-31(4,32)33)19-21-7-9-22(10-8-21)28(41)36-29(34-5)37-38-35-6/h7-10,15-18,23-24,35,38H,11-14,19-20H2,1-6H3,(H2,34,36,37,41). The molecule has 0 spiro atoms. The van der Waals surface area contributed by atoms with Gasteiger partial charge in [0.2, 0.25) is 5.96 Å². The lowest BCUT2D eigenvalue weighted by Gasteiger charge is -2.41. The Morgan fingerprint density at radius 2 is 1.56 bits per heavy atom. The first kappa shape index (κ1) is 33.7. The van der Waals surface area contributed by atoms with Crippen LogP contribution in [0.3, 0.4) is 0 Å². The fourth-order valence-corrected chi connectivity index (χ4v) is 5.12. The molecule has 1 saturated carbocycles. The highest BCUT2D eigenvalue weighted by molar-refractivity contribution is 6.05. The van der Waals surface area contributed by atoms with Crippen molar-refractivity contribution in [3.63, 3.8) is 0 Å². The predicted octanol–water partition coefficient (Wildman–Crippen LogP) is 4.63. The number of hydrogen-bond donors (Lipinski definition) is 4. The van der Waals surface area contributed by atoms with Crippen LogP contribution in [0.4, 0.5) is 8.78 Å². The second kappa shape index (κ2) is 15.1. The first-order valence-corrected chi connectivity index (χ1v) is 14.4. The Labute approximate surface area is 252 Å². The summed E-state index contributed by atoms with van der Waals surface area (Å²) >= 11 is 0. The number of hydrogen-bond acceptors (Lipinski definition) is 7. The average Bonchev–Trinajstić information content (AvgIpc) is 2.96. The Morgan fingerprint density at radius 3 is 2.09 bits per heavy atom. The molecule has 0 unspecified atom stereocenters. The monoisotopic (exact) mass is 602 g/mol. The van der Waals surface area contributed by atoms with Crippen molar-refractivity contribution in [3.8, 4) is 11.5 Å². The van der Waals surface area contributed by atoms with Gasteiger partial charge in [-0.1, -0.05) is 32.9 Å². The lowest BCUT2D eigenvalue weighted by molar-refractivity contribution is -0.159. The Bertz CT molecular complexity index is 1220. The molecule has 12 heteroatoms. The smallest absolute Gasteiger partial charge is 0.394 e. The normalized spacial score (nSPS) is 17.6. The molecule has 43 heavy (non-hydrogen) atoms. The highest BCUT2D eigenvalue weighted by Gasteiger charge is 2.34. The molecule has 236 valence electrons. The molecule has 3 rings (SSSR count). The van der Waals surface area contributed by atoms with E-state index in [2.05, 4.69) is 52.2 Å². The van der Waals surface area contributed by atoms with Crippen LogP contribution in [-0.4, -0.2) is 55.5 Å². The van der Waals surface area contributed by atoms with E-state index >= 15 is 0 Å². The van der Waals surface area contributed by atoms with Crippen LogP contribution in [0.25, 0.3) is 0 Å². The minimum Gasteiger partial charge on any atom is -0.484 e. The molecule has 2 amide bonds. The van der Waals surface area contributed by atoms with Crippen LogP contribution in [0, 0.1) is 11.3 Å². The van der Waals surface area contributed by atoms with E-state index in [9.17, 15) is 18.4 Å². The number of halogens is 2. The van der Waals surface area contributed by atoms with E-state index in [1.165, 1.54) is 24.3 Å². The molecule has 1 aliphatic rings. The quantitative estimate of drug-likeness (QED) is 0.168. The van der Waals surface area contributed by atoms with E-state index in [0.717, 1.165) is 31.2 Å². The lowest BCUT2D eigenvalue weighted by Crippen LogP contribution is -2.51. The largest absolute Gasteiger partial charge is 0.484 e. The van der Waals surface area contributed by atoms with Crippen LogP contribution in [0.2, 0.25) is 0 Å². The van der Waals surface area contributed by atoms with Gasteiger partial charge >= 0.3 is 6.11 Å². The zero-order chi connectivity index (χ0) is 31.6. The molecule has 0 atom stereocenters. The summed E-state index contributed by atoms with van der Waals surface area (Å²) in [4.78, 5) is 32.1.